The number of hydrogen-bond donors (Lipinski definition) is 0. The fourth-order valence-electron chi connectivity index (χ4n) is 2.10. The largest absolute Gasteiger partial charge is 0.237 e. The molecular weight excluding hydrogens is 256 g/mol. The van der Waals surface area contributed by atoms with E-state index in [4.69, 9.17) is 11.6 Å². The van der Waals surface area contributed by atoms with E-state index >= 15 is 0 Å². The molecule has 3 heteroatoms. The van der Waals surface area contributed by atoms with Gasteiger partial charge >= 0.3 is 0 Å². The van der Waals surface area contributed by atoms with Crippen LogP contribution in [0.5, 0.6) is 0 Å². The van der Waals surface area contributed by atoms with E-state index in [0.717, 1.165) is 24.4 Å². The smallest absolute Gasteiger partial charge is 0.134 e. The zero-order valence-electron chi connectivity index (χ0n) is 11.7. The van der Waals surface area contributed by atoms with Crippen molar-refractivity contribution in [3.05, 3.63) is 58.1 Å². The predicted molar refractivity (Wildman–Crippen MR) is 79.6 cm³/mol. The summed E-state index contributed by atoms with van der Waals surface area (Å²) in [6.07, 6.45) is 1.67. The van der Waals surface area contributed by atoms with E-state index in [1.165, 1.54) is 11.1 Å². The van der Waals surface area contributed by atoms with Gasteiger partial charge in [0, 0.05) is 12.1 Å². The summed E-state index contributed by atoms with van der Waals surface area (Å²) in [6.45, 7) is 6.46. The first-order valence-electron chi connectivity index (χ1n) is 6.61. The van der Waals surface area contributed by atoms with Crippen LogP contribution in [-0.4, -0.2) is 9.97 Å². The zero-order valence-corrected chi connectivity index (χ0v) is 12.4. The van der Waals surface area contributed by atoms with Gasteiger partial charge in [-0.25, -0.2) is 9.97 Å². The van der Waals surface area contributed by atoms with Gasteiger partial charge in [0.25, 0.3) is 0 Å². The normalized spacial score (nSPS) is 11.0. The Morgan fingerprint density at radius 1 is 1.16 bits per heavy atom. The number of nitrogens with zero attached hydrogens (tertiary/aromatic N) is 2. The van der Waals surface area contributed by atoms with Crippen LogP contribution in [0.3, 0.4) is 0 Å². The second-order valence-corrected chi connectivity index (χ2v) is 5.69. The van der Waals surface area contributed by atoms with Gasteiger partial charge in [0.15, 0.2) is 0 Å². The molecule has 0 bridgehead atoms. The summed E-state index contributed by atoms with van der Waals surface area (Å²) in [4.78, 5) is 8.95. The summed E-state index contributed by atoms with van der Waals surface area (Å²) in [7, 11) is 0. The Balaban J connectivity index is 2.25. The quantitative estimate of drug-likeness (QED) is 0.780. The predicted octanol–water partition coefficient (Wildman–Crippen LogP) is 4.23. The fraction of sp³-hybridized carbons (Fsp3) is 0.375. The van der Waals surface area contributed by atoms with Crippen molar-refractivity contribution in [2.24, 2.45) is 5.92 Å². The molecule has 0 aliphatic rings. The molecule has 19 heavy (non-hydrogen) atoms. The van der Waals surface area contributed by atoms with E-state index < -0.39 is 0 Å². The highest BCUT2D eigenvalue weighted by Crippen LogP contribution is 2.15. The van der Waals surface area contributed by atoms with Crippen molar-refractivity contribution in [3.8, 4) is 0 Å². The monoisotopic (exact) mass is 274 g/mol. The van der Waals surface area contributed by atoms with Gasteiger partial charge in [-0.3, -0.25) is 0 Å². The van der Waals surface area contributed by atoms with Gasteiger partial charge in [-0.15, -0.1) is 0 Å². The van der Waals surface area contributed by atoms with Crippen LogP contribution >= 0.6 is 11.6 Å². The van der Waals surface area contributed by atoms with Crippen molar-refractivity contribution in [1.29, 1.82) is 0 Å². The second kappa shape index (κ2) is 6.16. The first-order chi connectivity index (χ1) is 9.04. The average molecular weight is 275 g/mol. The van der Waals surface area contributed by atoms with Crippen LogP contribution in [-0.2, 0) is 12.8 Å². The van der Waals surface area contributed by atoms with Gasteiger partial charge in [0.05, 0.1) is 0 Å². The van der Waals surface area contributed by atoms with E-state index in [9.17, 15) is 0 Å². The molecule has 2 rings (SSSR count). The molecule has 0 aliphatic carbocycles. The number of aromatic nitrogens is 2. The van der Waals surface area contributed by atoms with Crippen molar-refractivity contribution in [2.45, 2.75) is 33.6 Å². The average Bonchev–Trinajstić information content (AvgIpc) is 2.30. The first-order valence-corrected chi connectivity index (χ1v) is 6.99. The number of benzene rings is 1. The Labute approximate surface area is 119 Å². The van der Waals surface area contributed by atoms with E-state index in [2.05, 4.69) is 42.9 Å². The molecule has 0 unspecified atom stereocenters. The fourth-order valence-corrected chi connectivity index (χ4v) is 2.32. The summed E-state index contributed by atoms with van der Waals surface area (Å²) in [5.74, 6) is 1.37. The van der Waals surface area contributed by atoms with Crippen LogP contribution in [0.25, 0.3) is 0 Å². The van der Waals surface area contributed by atoms with Crippen molar-refractivity contribution in [2.75, 3.05) is 0 Å². The molecular formula is C16H19ClN2. The summed E-state index contributed by atoms with van der Waals surface area (Å²) < 4.78 is 0. The summed E-state index contributed by atoms with van der Waals surface area (Å²) >= 11 is 6.09. The highest BCUT2D eigenvalue weighted by molar-refractivity contribution is 6.29. The van der Waals surface area contributed by atoms with Crippen LogP contribution in [0.2, 0.25) is 5.15 Å². The Kier molecular flexibility index (Phi) is 4.54. The number of rotatable bonds is 4. The maximum absolute atomic E-state index is 6.09. The molecule has 0 saturated heterocycles. The maximum atomic E-state index is 6.09. The van der Waals surface area contributed by atoms with Gasteiger partial charge in [0.1, 0.15) is 11.0 Å². The van der Waals surface area contributed by atoms with Gasteiger partial charge in [-0.05, 0) is 36.5 Å². The van der Waals surface area contributed by atoms with E-state index in [-0.39, 0.29) is 0 Å². The molecule has 0 atom stereocenters. The second-order valence-electron chi connectivity index (χ2n) is 5.30. The first kappa shape index (κ1) is 14.0. The Morgan fingerprint density at radius 2 is 1.89 bits per heavy atom. The molecule has 0 saturated carbocycles. The van der Waals surface area contributed by atoms with Crippen molar-refractivity contribution in [1.82, 2.24) is 9.97 Å². The maximum Gasteiger partial charge on any atom is 0.134 e. The Hall–Kier alpha value is -1.41. The topological polar surface area (TPSA) is 25.8 Å². The lowest BCUT2D eigenvalue weighted by Gasteiger charge is -2.08. The molecule has 1 heterocycles. The standard InChI is InChI=1S/C16H19ClN2/c1-11(2)8-14-10-15(17)19-16(18-14)9-13-7-5-4-6-12(13)3/h4-7,10-11H,8-9H2,1-3H3. The number of hydrogen-bond acceptors (Lipinski definition) is 2. The molecule has 0 radical (unpaired) electrons. The Morgan fingerprint density at radius 3 is 2.58 bits per heavy atom. The van der Waals surface area contributed by atoms with Crippen LogP contribution in [0.4, 0.5) is 0 Å². The third-order valence-corrected chi connectivity index (χ3v) is 3.22. The third-order valence-electron chi connectivity index (χ3n) is 3.02. The highest BCUT2D eigenvalue weighted by atomic mass is 35.5. The minimum absolute atomic E-state index is 0.536. The Bertz CT molecular complexity index is 564. The lowest BCUT2D eigenvalue weighted by atomic mass is 10.1. The molecule has 2 nitrogen and oxygen atoms in total. The molecule has 0 N–H and O–H groups in total. The van der Waals surface area contributed by atoms with Crippen LogP contribution < -0.4 is 0 Å². The van der Waals surface area contributed by atoms with Crippen LogP contribution in [0.15, 0.2) is 30.3 Å². The van der Waals surface area contributed by atoms with Crippen molar-refractivity contribution >= 4 is 11.6 Å². The third kappa shape index (κ3) is 4.03. The molecule has 2 aromatic rings. The molecule has 100 valence electrons. The zero-order chi connectivity index (χ0) is 13.8. The van der Waals surface area contributed by atoms with E-state index in [1.807, 2.05) is 18.2 Å². The van der Waals surface area contributed by atoms with Gasteiger partial charge in [0.2, 0.25) is 0 Å². The number of halogens is 1. The van der Waals surface area contributed by atoms with Crippen molar-refractivity contribution in [3.63, 3.8) is 0 Å². The van der Waals surface area contributed by atoms with Crippen LogP contribution in [0, 0.1) is 12.8 Å². The molecule has 0 spiro atoms. The van der Waals surface area contributed by atoms with Gasteiger partial charge in [-0.2, -0.15) is 0 Å². The van der Waals surface area contributed by atoms with Crippen LogP contribution in [0.1, 0.15) is 36.5 Å². The SMILES string of the molecule is Cc1ccccc1Cc1nc(Cl)cc(CC(C)C)n1. The molecule has 0 aliphatic heterocycles. The minimum Gasteiger partial charge on any atom is -0.237 e. The lowest BCUT2D eigenvalue weighted by Crippen LogP contribution is -2.04. The molecule has 0 fully saturated rings. The van der Waals surface area contributed by atoms with E-state index in [1.54, 1.807) is 0 Å². The molecule has 1 aromatic carbocycles. The number of aryl methyl sites for hydroxylation is 1. The molecule has 0 amide bonds. The van der Waals surface area contributed by atoms with E-state index in [0.29, 0.717) is 11.1 Å². The van der Waals surface area contributed by atoms with Gasteiger partial charge in [-0.1, -0.05) is 49.7 Å². The summed E-state index contributed by atoms with van der Waals surface area (Å²) in [5, 5.41) is 0.536. The summed E-state index contributed by atoms with van der Waals surface area (Å²) in [6, 6.07) is 10.2. The summed E-state index contributed by atoms with van der Waals surface area (Å²) in [5.41, 5.74) is 3.54. The van der Waals surface area contributed by atoms with Gasteiger partial charge < -0.3 is 0 Å². The molecule has 1 aromatic heterocycles. The highest BCUT2D eigenvalue weighted by Gasteiger charge is 2.07. The lowest BCUT2D eigenvalue weighted by molar-refractivity contribution is 0.631. The minimum atomic E-state index is 0.536. The van der Waals surface area contributed by atoms with Crippen molar-refractivity contribution < 1.29 is 0 Å².